The summed E-state index contributed by atoms with van der Waals surface area (Å²) in [6, 6.07) is 41.0. The van der Waals surface area contributed by atoms with Crippen LogP contribution < -0.4 is 4.90 Å². The highest BCUT2D eigenvalue weighted by molar-refractivity contribution is 7.99. The molecule has 5 aromatic carbocycles. The number of hydrogen-bond acceptors (Lipinski definition) is 2. The molecule has 0 saturated heterocycles. The first-order valence-electron chi connectivity index (χ1n) is 22.8. The molecule has 298 valence electrons. The Morgan fingerprint density at radius 2 is 0.931 bits per heavy atom. The first-order chi connectivity index (χ1) is 27.7. The Bertz CT molecular complexity index is 2350. The van der Waals surface area contributed by atoms with Crippen LogP contribution in [0.15, 0.2) is 113 Å². The Morgan fingerprint density at radius 1 is 0.448 bits per heavy atom. The van der Waals surface area contributed by atoms with Crippen LogP contribution in [0.3, 0.4) is 0 Å². The average Bonchev–Trinajstić information content (AvgIpc) is 3.20. The van der Waals surface area contributed by atoms with Crippen molar-refractivity contribution < 1.29 is 0 Å². The second kappa shape index (κ2) is 12.6. The molecule has 4 saturated carbocycles. The first kappa shape index (κ1) is 37.3. The van der Waals surface area contributed by atoms with Crippen molar-refractivity contribution in [2.75, 3.05) is 4.90 Å². The molecule has 4 bridgehead atoms. The van der Waals surface area contributed by atoms with Crippen molar-refractivity contribution in [3.05, 3.63) is 137 Å². The zero-order valence-corrected chi connectivity index (χ0v) is 37.2. The van der Waals surface area contributed by atoms with Crippen LogP contribution in [0.1, 0.15) is 147 Å². The Kier molecular flexibility index (Phi) is 8.12. The summed E-state index contributed by atoms with van der Waals surface area (Å²) in [7, 11) is 0. The lowest BCUT2D eigenvalue weighted by atomic mass is 9.41. The highest BCUT2D eigenvalue weighted by Crippen LogP contribution is 2.71. The maximum absolute atomic E-state index is 2.83. The number of fused-ring (bicyclic) bond motifs is 4. The van der Waals surface area contributed by atoms with E-state index in [1.54, 1.807) is 22.3 Å². The fraction of sp³-hybridized carbons (Fsp3) is 0.464. The molecule has 6 aliphatic carbocycles. The molecule has 58 heavy (non-hydrogen) atoms. The lowest BCUT2D eigenvalue weighted by Crippen LogP contribution is -2.57. The van der Waals surface area contributed by atoms with Crippen molar-refractivity contribution in [1.29, 1.82) is 0 Å². The normalized spacial score (nSPS) is 28.6. The van der Waals surface area contributed by atoms with Crippen molar-refractivity contribution in [2.24, 2.45) is 23.7 Å². The molecule has 1 heterocycles. The van der Waals surface area contributed by atoms with Crippen LogP contribution in [0.2, 0.25) is 0 Å². The van der Waals surface area contributed by atoms with Crippen LogP contribution >= 0.6 is 11.8 Å². The van der Waals surface area contributed by atoms with Gasteiger partial charge in [0.15, 0.2) is 0 Å². The van der Waals surface area contributed by atoms with Gasteiger partial charge in [0.05, 0.1) is 17.1 Å². The summed E-state index contributed by atoms with van der Waals surface area (Å²) in [5, 5.41) is 0. The van der Waals surface area contributed by atoms with Crippen molar-refractivity contribution in [3.63, 3.8) is 0 Å². The van der Waals surface area contributed by atoms with Gasteiger partial charge in [0.1, 0.15) is 0 Å². The summed E-state index contributed by atoms with van der Waals surface area (Å²) in [5.41, 5.74) is 16.8. The van der Waals surface area contributed by atoms with Crippen LogP contribution in [-0.4, -0.2) is 0 Å². The van der Waals surface area contributed by atoms with Crippen LogP contribution in [0.25, 0.3) is 11.1 Å². The van der Waals surface area contributed by atoms with Gasteiger partial charge < -0.3 is 4.90 Å². The van der Waals surface area contributed by atoms with E-state index in [4.69, 9.17) is 0 Å². The maximum Gasteiger partial charge on any atom is 0.0604 e. The van der Waals surface area contributed by atoms with Gasteiger partial charge in [-0.25, -0.2) is 0 Å². The third kappa shape index (κ3) is 5.21. The zero-order chi connectivity index (χ0) is 40.0. The average molecular weight is 782 g/mol. The number of rotatable bonds is 4. The van der Waals surface area contributed by atoms with Gasteiger partial charge in [-0.1, -0.05) is 146 Å². The molecule has 0 unspecified atom stereocenters. The number of benzene rings is 5. The fourth-order valence-corrected chi connectivity index (χ4v) is 15.6. The van der Waals surface area contributed by atoms with Gasteiger partial charge in [-0.15, -0.1) is 0 Å². The van der Waals surface area contributed by atoms with E-state index in [1.807, 2.05) is 0 Å². The van der Waals surface area contributed by atoms with E-state index in [0.29, 0.717) is 11.8 Å². The highest BCUT2D eigenvalue weighted by atomic mass is 32.2. The number of hydrogen-bond donors (Lipinski definition) is 0. The van der Waals surface area contributed by atoms with E-state index in [2.05, 4.69) is 175 Å². The Morgan fingerprint density at radius 3 is 1.48 bits per heavy atom. The molecule has 1 nitrogen and oxygen atoms in total. The van der Waals surface area contributed by atoms with E-state index in [1.165, 1.54) is 107 Å². The number of anilines is 3. The predicted octanol–water partition coefficient (Wildman–Crippen LogP) is 15.7. The van der Waals surface area contributed by atoms with Gasteiger partial charge in [-0.3, -0.25) is 0 Å². The highest BCUT2D eigenvalue weighted by Gasteiger charge is 2.62. The summed E-state index contributed by atoms with van der Waals surface area (Å²) in [4.78, 5) is 5.82. The van der Waals surface area contributed by atoms with Gasteiger partial charge in [0.2, 0.25) is 0 Å². The van der Waals surface area contributed by atoms with Crippen molar-refractivity contribution in [1.82, 2.24) is 0 Å². The molecule has 12 rings (SSSR count). The molecular formula is C56H63NS. The van der Waals surface area contributed by atoms with Crippen molar-refractivity contribution >= 4 is 28.8 Å². The minimum atomic E-state index is 0.00616. The minimum Gasteiger partial charge on any atom is -0.309 e. The first-order valence-corrected chi connectivity index (χ1v) is 23.6. The van der Waals surface area contributed by atoms with Gasteiger partial charge in [-0.05, 0) is 172 Å². The Hall–Kier alpha value is -3.75. The van der Waals surface area contributed by atoms with Gasteiger partial charge in [0, 0.05) is 15.2 Å². The topological polar surface area (TPSA) is 3.24 Å². The fourth-order valence-electron chi connectivity index (χ4n) is 14.2. The molecule has 0 atom stereocenters. The largest absolute Gasteiger partial charge is 0.309 e. The predicted molar refractivity (Wildman–Crippen MR) is 246 cm³/mol. The summed E-state index contributed by atoms with van der Waals surface area (Å²) in [6.07, 6.45) is 11.8. The van der Waals surface area contributed by atoms with E-state index >= 15 is 0 Å². The summed E-state index contributed by atoms with van der Waals surface area (Å²) in [6.45, 7) is 20.1. The quantitative estimate of drug-likeness (QED) is 0.179. The molecule has 1 spiro atoms. The third-order valence-corrected chi connectivity index (χ3v) is 18.2. The second-order valence-electron chi connectivity index (χ2n) is 22.2. The second-order valence-corrected chi connectivity index (χ2v) is 23.3. The molecule has 4 fully saturated rings. The SMILES string of the molecule is CC1(C)CCC(C)(C)c2c(N(c3cccc4c3Sc3cccc(-c5ccccc5)c3C43C4CC5CC(C4)CC3C5)c3cccc4c3C(C)(C)CCC4(C)C)cccc21. The standard InChI is InChI=1S/C56H63NS/c1-52(2)26-28-54(5,6)49-41(52)19-13-22-44(49)57(45-23-14-20-42-50(45)55(7,8)29-27-53(42,3)4)46-24-15-21-43-51(46)58-47-25-12-18-40(37-16-10-9-11-17-37)48(47)56(43)38-31-35-30-36(33-38)34-39(56)32-35/h9-25,35-36,38-39H,26-34H2,1-8H3. The van der Waals surface area contributed by atoms with Gasteiger partial charge in [-0.2, -0.15) is 0 Å². The molecule has 5 aromatic rings. The molecule has 0 radical (unpaired) electrons. The van der Waals surface area contributed by atoms with E-state index in [-0.39, 0.29) is 27.1 Å². The Labute approximate surface area is 353 Å². The summed E-state index contributed by atoms with van der Waals surface area (Å²) < 4.78 is 0. The lowest BCUT2D eigenvalue weighted by molar-refractivity contribution is -0.0441. The minimum absolute atomic E-state index is 0.00616. The molecule has 2 heteroatoms. The van der Waals surface area contributed by atoms with Crippen molar-refractivity contribution in [3.8, 4) is 11.1 Å². The van der Waals surface area contributed by atoms with Crippen LogP contribution in [0.4, 0.5) is 17.1 Å². The van der Waals surface area contributed by atoms with Crippen LogP contribution in [-0.2, 0) is 27.1 Å². The van der Waals surface area contributed by atoms with Gasteiger partial charge in [0.25, 0.3) is 0 Å². The monoisotopic (exact) mass is 781 g/mol. The van der Waals surface area contributed by atoms with Crippen LogP contribution in [0, 0.1) is 23.7 Å². The lowest BCUT2D eigenvalue weighted by Gasteiger charge is -2.63. The zero-order valence-electron chi connectivity index (χ0n) is 36.3. The van der Waals surface area contributed by atoms with E-state index in [9.17, 15) is 0 Å². The maximum atomic E-state index is 2.83. The number of nitrogens with zero attached hydrogens (tertiary/aromatic N) is 1. The Balaban J connectivity index is 1.24. The summed E-state index contributed by atoms with van der Waals surface area (Å²) in [5.74, 6) is 3.12. The summed E-state index contributed by atoms with van der Waals surface area (Å²) >= 11 is 2.09. The van der Waals surface area contributed by atoms with E-state index < -0.39 is 0 Å². The van der Waals surface area contributed by atoms with Crippen molar-refractivity contribution in [2.45, 2.75) is 150 Å². The molecule has 7 aliphatic rings. The molecule has 0 aromatic heterocycles. The van der Waals surface area contributed by atoms with Gasteiger partial charge >= 0.3 is 0 Å². The molecule has 0 amide bonds. The third-order valence-electron chi connectivity index (χ3n) is 17.0. The van der Waals surface area contributed by atoms with Crippen LogP contribution in [0.5, 0.6) is 0 Å². The molecule has 1 aliphatic heterocycles. The molecular weight excluding hydrogens is 719 g/mol. The van der Waals surface area contributed by atoms with E-state index in [0.717, 1.165) is 11.8 Å². The smallest absolute Gasteiger partial charge is 0.0604 e. The molecule has 0 N–H and O–H groups in total.